The van der Waals surface area contributed by atoms with Crippen molar-refractivity contribution in [2.24, 2.45) is 0 Å². The Bertz CT molecular complexity index is 662. The Balaban J connectivity index is 1.78. The minimum atomic E-state index is -3.51. The largest absolute Gasteiger partial charge is 0.270 e. The molecule has 0 fully saturated rings. The lowest BCUT2D eigenvalue weighted by Crippen LogP contribution is -2.11. The van der Waals surface area contributed by atoms with Crippen molar-refractivity contribution < 1.29 is 12.6 Å². The van der Waals surface area contributed by atoms with Crippen molar-refractivity contribution in [3.05, 3.63) is 77.9 Å². The lowest BCUT2D eigenvalue weighted by molar-refractivity contribution is 0.324. The van der Waals surface area contributed by atoms with Gasteiger partial charge in [-0.25, -0.2) is 0 Å². The summed E-state index contributed by atoms with van der Waals surface area (Å²) in [6.07, 6.45) is 3.97. The third kappa shape index (κ3) is 5.94. The molecule has 0 N–H and O–H groups in total. The summed E-state index contributed by atoms with van der Waals surface area (Å²) >= 11 is 0. The van der Waals surface area contributed by atoms with Crippen molar-refractivity contribution in [1.29, 1.82) is 0 Å². The van der Waals surface area contributed by atoms with E-state index in [9.17, 15) is 8.42 Å². The molecular weight excluding hydrogens is 284 g/mol. The quantitative estimate of drug-likeness (QED) is 0.737. The first-order chi connectivity index (χ1) is 10.2. The highest BCUT2D eigenvalue weighted by Crippen LogP contribution is 2.04. The molecule has 0 radical (unpaired) electrons. The minimum absolute atomic E-state index is 0.114. The van der Waals surface area contributed by atoms with Crippen LogP contribution in [0.5, 0.6) is 0 Å². The van der Waals surface area contributed by atoms with E-state index in [4.69, 9.17) is 4.18 Å². The van der Waals surface area contributed by atoms with Crippen molar-refractivity contribution in [3.63, 3.8) is 0 Å². The van der Waals surface area contributed by atoms with Gasteiger partial charge in [-0.05, 0) is 17.5 Å². The highest BCUT2D eigenvalue weighted by atomic mass is 32.2. The first-order valence-electron chi connectivity index (χ1n) is 6.78. The molecule has 110 valence electrons. The molecule has 0 heterocycles. The number of hydrogen-bond acceptors (Lipinski definition) is 3. The van der Waals surface area contributed by atoms with Gasteiger partial charge in [-0.15, -0.1) is 0 Å². The van der Waals surface area contributed by atoms with Crippen LogP contribution in [-0.2, 0) is 20.7 Å². The molecule has 2 aromatic rings. The second-order valence-electron chi connectivity index (χ2n) is 4.59. The molecule has 2 rings (SSSR count). The predicted octanol–water partition coefficient (Wildman–Crippen LogP) is 3.29. The minimum Gasteiger partial charge on any atom is -0.270 e. The van der Waals surface area contributed by atoms with Crippen molar-refractivity contribution in [2.75, 3.05) is 12.4 Å². The van der Waals surface area contributed by atoms with Gasteiger partial charge in [0.05, 0.1) is 12.4 Å². The van der Waals surface area contributed by atoms with Crippen molar-refractivity contribution in [1.82, 2.24) is 0 Å². The fourth-order valence-corrected chi connectivity index (χ4v) is 2.61. The maximum Gasteiger partial charge on any atom is 0.270 e. The average molecular weight is 302 g/mol. The summed E-state index contributed by atoms with van der Waals surface area (Å²) in [5.74, 6) is -0.114. The van der Waals surface area contributed by atoms with E-state index in [0.717, 1.165) is 11.1 Å². The van der Waals surface area contributed by atoms with E-state index < -0.39 is 10.1 Å². The van der Waals surface area contributed by atoms with Crippen LogP contribution in [0.2, 0.25) is 0 Å². The fraction of sp³-hybridized carbons (Fsp3) is 0.176. The molecule has 0 spiro atoms. The van der Waals surface area contributed by atoms with Gasteiger partial charge in [0.25, 0.3) is 10.1 Å². The van der Waals surface area contributed by atoms with Gasteiger partial charge in [-0.2, -0.15) is 8.42 Å². The number of rotatable bonds is 7. The topological polar surface area (TPSA) is 43.4 Å². The summed E-state index contributed by atoms with van der Waals surface area (Å²) in [5.41, 5.74) is 2.03. The summed E-state index contributed by atoms with van der Waals surface area (Å²) in [5, 5.41) is 0. The molecule has 3 nitrogen and oxygen atoms in total. The Morgan fingerprint density at radius 3 is 2.19 bits per heavy atom. The van der Waals surface area contributed by atoms with Crippen molar-refractivity contribution >= 4 is 16.2 Å². The van der Waals surface area contributed by atoms with Crippen LogP contribution in [0.4, 0.5) is 0 Å². The molecular formula is C17H18O3S. The first-order valence-corrected chi connectivity index (χ1v) is 8.36. The summed E-state index contributed by atoms with van der Waals surface area (Å²) in [4.78, 5) is 0. The van der Waals surface area contributed by atoms with E-state index >= 15 is 0 Å². The van der Waals surface area contributed by atoms with E-state index in [0.29, 0.717) is 6.42 Å². The Kier molecular flexibility index (Phi) is 5.72. The zero-order valence-corrected chi connectivity index (χ0v) is 12.5. The summed E-state index contributed by atoms with van der Waals surface area (Å²) in [7, 11) is -3.51. The monoisotopic (exact) mass is 302 g/mol. The molecule has 0 aliphatic heterocycles. The zero-order chi connectivity index (χ0) is 15.0. The normalized spacial score (nSPS) is 11.8. The standard InChI is InChI=1S/C17H18O3S/c18-21(19,15-7-12-16-8-3-1-4-9-16)20-14-13-17-10-5-2-6-11-17/h1-12H,13-15H2/b12-7+. The summed E-state index contributed by atoms with van der Waals surface area (Å²) in [6, 6.07) is 19.2. The molecule has 0 aliphatic carbocycles. The Hall–Kier alpha value is -1.91. The molecule has 0 aromatic heterocycles. The van der Waals surface area contributed by atoms with Gasteiger partial charge < -0.3 is 0 Å². The molecule has 4 heteroatoms. The Morgan fingerprint density at radius 1 is 0.905 bits per heavy atom. The van der Waals surface area contributed by atoms with Gasteiger partial charge in [-0.3, -0.25) is 4.18 Å². The van der Waals surface area contributed by atoms with Crippen LogP contribution >= 0.6 is 0 Å². The smallest absolute Gasteiger partial charge is 0.270 e. The SMILES string of the molecule is O=S(=O)(C/C=C/c1ccccc1)OCCc1ccccc1. The number of hydrogen-bond donors (Lipinski definition) is 0. The molecule has 0 unspecified atom stereocenters. The number of benzene rings is 2. The highest BCUT2D eigenvalue weighted by molar-refractivity contribution is 7.86. The van der Waals surface area contributed by atoms with E-state index in [1.807, 2.05) is 60.7 Å². The predicted molar refractivity (Wildman–Crippen MR) is 85.4 cm³/mol. The second-order valence-corrected chi connectivity index (χ2v) is 6.28. The van der Waals surface area contributed by atoms with Crippen molar-refractivity contribution in [2.45, 2.75) is 6.42 Å². The second kappa shape index (κ2) is 7.76. The van der Waals surface area contributed by atoms with Gasteiger partial charge in [0.15, 0.2) is 0 Å². The maximum atomic E-state index is 11.7. The fourth-order valence-electron chi connectivity index (χ4n) is 1.85. The molecule has 0 atom stereocenters. The first kappa shape index (κ1) is 15.5. The van der Waals surface area contributed by atoms with Crippen molar-refractivity contribution in [3.8, 4) is 0 Å². The van der Waals surface area contributed by atoms with Gasteiger partial charge >= 0.3 is 0 Å². The third-order valence-corrected chi connectivity index (χ3v) is 4.03. The van der Waals surface area contributed by atoms with Crippen LogP contribution in [0.3, 0.4) is 0 Å². The van der Waals surface area contributed by atoms with E-state index in [1.54, 1.807) is 12.2 Å². The van der Waals surface area contributed by atoms with Gasteiger partial charge in [0.1, 0.15) is 0 Å². The van der Waals surface area contributed by atoms with Crippen LogP contribution in [0.25, 0.3) is 6.08 Å². The summed E-state index contributed by atoms with van der Waals surface area (Å²) in [6.45, 7) is 0.172. The average Bonchev–Trinajstić information content (AvgIpc) is 2.49. The Morgan fingerprint density at radius 2 is 1.52 bits per heavy atom. The van der Waals surface area contributed by atoms with Crippen LogP contribution in [0.15, 0.2) is 66.7 Å². The van der Waals surface area contributed by atoms with Gasteiger partial charge in [-0.1, -0.05) is 72.8 Å². The third-order valence-electron chi connectivity index (χ3n) is 2.91. The van der Waals surface area contributed by atoms with E-state index in [1.165, 1.54) is 0 Å². The zero-order valence-electron chi connectivity index (χ0n) is 11.7. The molecule has 0 amide bonds. The van der Waals surface area contributed by atoms with Crippen LogP contribution in [0.1, 0.15) is 11.1 Å². The Labute approximate surface area is 126 Å². The van der Waals surface area contributed by atoms with E-state index in [2.05, 4.69) is 0 Å². The molecule has 0 saturated heterocycles. The maximum absolute atomic E-state index is 11.7. The lowest BCUT2D eigenvalue weighted by atomic mass is 10.2. The molecule has 0 saturated carbocycles. The highest BCUT2D eigenvalue weighted by Gasteiger charge is 2.08. The van der Waals surface area contributed by atoms with Gasteiger partial charge in [0.2, 0.25) is 0 Å². The lowest BCUT2D eigenvalue weighted by Gasteiger charge is -2.03. The van der Waals surface area contributed by atoms with E-state index in [-0.39, 0.29) is 12.4 Å². The van der Waals surface area contributed by atoms with Crippen LogP contribution in [-0.4, -0.2) is 20.8 Å². The molecule has 0 bridgehead atoms. The molecule has 2 aromatic carbocycles. The van der Waals surface area contributed by atoms with Gasteiger partial charge in [0, 0.05) is 0 Å². The molecule has 0 aliphatic rings. The van der Waals surface area contributed by atoms with Crippen LogP contribution < -0.4 is 0 Å². The molecule has 21 heavy (non-hydrogen) atoms. The summed E-state index contributed by atoms with van der Waals surface area (Å²) < 4.78 is 28.5. The van der Waals surface area contributed by atoms with Crippen LogP contribution in [0, 0.1) is 0 Å².